The predicted octanol–water partition coefficient (Wildman–Crippen LogP) is 2.37. The molecule has 1 heterocycles. The largest absolute Gasteiger partial charge is 0.383 e. The summed E-state index contributed by atoms with van der Waals surface area (Å²) in [5.41, 5.74) is 5.83. The third-order valence-corrected chi connectivity index (χ3v) is 4.12. The van der Waals surface area contributed by atoms with Crippen LogP contribution in [0.2, 0.25) is 5.02 Å². The van der Waals surface area contributed by atoms with Crippen molar-refractivity contribution in [3.63, 3.8) is 0 Å². The first kappa shape index (κ1) is 13.9. The number of nitrogens with zero attached hydrogens (tertiary/aromatic N) is 1. The van der Waals surface area contributed by atoms with E-state index in [1.54, 1.807) is 18.4 Å². The molecule has 0 aliphatic carbocycles. The maximum absolute atomic E-state index is 5.93. The van der Waals surface area contributed by atoms with Crippen LogP contribution in [0.3, 0.4) is 0 Å². The zero-order valence-electron chi connectivity index (χ0n) is 9.94. The summed E-state index contributed by atoms with van der Waals surface area (Å²) < 4.78 is 5.16. The molecule has 2 atom stereocenters. The topological polar surface area (TPSA) is 38.5 Å². The van der Waals surface area contributed by atoms with Gasteiger partial charge in [-0.15, -0.1) is 11.3 Å². The van der Waals surface area contributed by atoms with E-state index >= 15 is 0 Å². The van der Waals surface area contributed by atoms with Crippen LogP contribution in [0.5, 0.6) is 0 Å². The Balaban J connectivity index is 2.73. The molecule has 1 aromatic rings. The van der Waals surface area contributed by atoms with E-state index in [4.69, 9.17) is 22.1 Å². The zero-order valence-corrected chi connectivity index (χ0v) is 11.5. The fourth-order valence-corrected chi connectivity index (χ4v) is 2.90. The highest BCUT2D eigenvalue weighted by Gasteiger charge is 2.21. The molecule has 92 valence electrons. The predicted molar refractivity (Wildman–Crippen MR) is 70.2 cm³/mol. The first-order chi connectivity index (χ1) is 7.60. The van der Waals surface area contributed by atoms with Crippen LogP contribution in [0.25, 0.3) is 0 Å². The number of ether oxygens (including phenoxy) is 1. The van der Waals surface area contributed by atoms with E-state index in [2.05, 4.69) is 18.9 Å². The first-order valence-corrected chi connectivity index (χ1v) is 6.50. The van der Waals surface area contributed by atoms with Crippen molar-refractivity contribution >= 4 is 22.9 Å². The molecule has 1 aromatic heterocycles. The van der Waals surface area contributed by atoms with Gasteiger partial charge in [-0.25, -0.2) is 0 Å². The number of thiophene rings is 1. The average molecular weight is 263 g/mol. The Morgan fingerprint density at radius 2 is 2.31 bits per heavy atom. The lowest BCUT2D eigenvalue weighted by Crippen LogP contribution is -2.38. The van der Waals surface area contributed by atoms with Gasteiger partial charge in [0.25, 0.3) is 0 Å². The number of hydrogen-bond acceptors (Lipinski definition) is 4. The van der Waals surface area contributed by atoms with Crippen molar-refractivity contribution in [3.8, 4) is 0 Å². The van der Waals surface area contributed by atoms with Crippen LogP contribution in [-0.2, 0) is 4.74 Å². The lowest BCUT2D eigenvalue weighted by Gasteiger charge is -2.31. The van der Waals surface area contributed by atoms with Crippen LogP contribution in [0.1, 0.15) is 17.8 Å². The number of rotatable bonds is 6. The van der Waals surface area contributed by atoms with Crippen LogP contribution in [-0.4, -0.2) is 38.3 Å². The number of halogens is 1. The monoisotopic (exact) mass is 262 g/mol. The van der Waals surface area contributed by atoms with Crippen LogP contribution in [0.4, 0.5) is 0 Å². The summed E-state index contributed by atoms with van der Waals surface area (Å²) in [6.45, 7) is 3.41. The normalized spacial score (nSPS) is 15.4. The number of hydrogen-bond donors (Lipinski definition) is 1. The Labute approximate surface area is 106 Å². The molecular weight excluding hydrogens is 244 g/mol. The highest BCUT2D eigenvalue weighted by atomic mass is 35.5. The second kappa shape index (κ2) is 6.57. The Morgan fingerprint density at radius 3 is 2.75 bits per heavy atom. The molecule has 0 bridgehead atoms. The molecule has 0 saturated heterocycles. The van der Waals surface area contributed by atoms with E-state index in [-0.39, 0.29) is 6.04 Å². The summed E-state index contributed by atoms with van der Waals surface area (Å²) in [4.78, 5) is 3.43. The fourth-order valence-electron chi connectivity index (χ4n) is 1.65. The minimum absolute atomic E-state index is 0.211. The van der Waals surface area contributed by atoms with Gasteiger partial charge in [-0.2, -0.15) is 0 Å². The molecule has 0 spiro atoms. The third kappa shape index (κ3) is 3.43. The summed E-state index contributed by atoms with van der Waals surface area (Å²) in [6.07, 6.45) is 0. The van der Waals surface area contributed by atoms with Crippen molar-refractivity contribution in [1.29, 1.82) is 0 Å². The molecule has 0 fully saturated rings. The van der Waals surface area contributed by atoms with Crippen molar-refractivity contribution in [2.24, 2.45) is 5.73 Å². The van der Waals surface area contributed by atoms with Gasteiger partial charge in [0.15, 0.2) is 0 Å². The van der Waals surface area contributed by atoms with E-state index < -0.39 is 0 Å². The smallest absolute Gasteiger partial charge is 0.0615 e. The maximum atomic E-state index is 5.93. The van der Waals surface area contributed by atoms with Crippen LogP contribution in [0.15, 0.2) is 11.4 Å². The molecule has 2 unspecified atom stereocenters. The molecule has 0 aliphatic heterocycles. The third-order valence-electron chi connectivity index (χ3n) is 2.73. The van der Waals surface area contributed by atoms with Gasteiger partial charge in [-0.1, -0.05) is 11.6 Å². The fraction of sp³-hybridized carbons (Fsp3) is 0.636. The molecule has 0 amide bonds. The second-order valence-electron chi connectivity index (χ2n) is 3.89. The molecule has 0 aromatic carbocycles. The Morgan fingerprint density at radius 1 is 1.62 bits per heavy atom. The second-order valence-corrected chi connectivity index (χ2v) is 5.27. The number of nitrogens with two attached hydrogens (primary N) is 1. The minimum Gasteiger partial charge on any atom is -0.383 e. The van der Waals surface area contributed by atoms with Crippen LogP contribution < -0.4 is 5.73 Å². The molecule has 16 heavy (non-hydrogen) atoms. The average Bonchev–Trinajstić information content (AvgIpc) is 2.66. The van der Waals surface area contributed by atoms with Gasteiger partial charge in [-0.3, -0.25) is 4.90 Å². The SMILES string of the molecule is COCC(C)N(C)C(CN)c1cc(Cl)cs1. The Hall–Kier alpha value is -0.130. The number of methoxy groups -OCH3 is 1. The van der Waals surface area contributed by atoms with Gasteiger partial charge in [0.1, 0.15) is 0 Å². The quantitative estimate of drug-likeness (QED) is 0.856. The van der Waals surface area contributed by atoms with Crippen LogP contribution >= 0.6 is 22.9 Å². The summed E-state index contributed by atoms with van der Waals surface area (Å²) >= 11 is 7.58. The van der Waals surface area contributed by atoms with Crippen molar-refractivity contribution in [3.05, 3.63) is 21.3 Å². The van der Waals surface area contributed by atoms with Crippen molar-refractivity contribution in [2.75, 3.05) is 27.3 Å². The van der Waals surface area contributed by atoms with E-state index in [0.29, 0.717) is 19.2 Å². The highest BCUT2D eigenvalue weighted by molar-refractivity contribution is 7.10. The molecule has 1 rings (SSSR count). The first-order valence-electron chi connectivity index (χ1n) is 5.25. The minimum atomic E-state index is 0.211. The molecule has 2 N–H and O–H groups in total. The molecule has 0 saturated carbocycles. The molecule has 0 aliphatic rings. The van der Waals surface area contributed by atoms with Gasteiger partial charge in [0, 0.05) is 30.0 Å². The van der Waals surface area contributed by atoms with Crippen molar-refractivity contribution in [1.82, 2.24) is 4.90 Å². The summed E-state index contributed by atoms with van der Waals surface area (Å²) in [5.74, 6) is 0. The van der Waals surface area contributed by atoms with Crippen molar-refractivity contribution in [2.45, 2.75) is 19.0 Å². The van der Waals surface area contributed by atoms with E-state index in [0.717, 1.165) is 5.02 Å². The van der Waals surface area contributed by atoms with Crippen LogP contribution in [0, 0.1) is 0 Å². The Bertz CT molecular complexity index is 319. The Kier molecular flexibility index (Phi) is 5.72. The van der Waals surface area contributed by atoms with Gasteiger partial charge in [-0.05, 0) is 20.0 Å². The molecule has 3 nitrogen and oxygen atoms in total. The maximum Gasteiger partial charge on any atom is 0.0615 e. The summed E-state index contributed by atoms with van der Waals surface area (Å²) in [7, 11) is 3.78. The number of likely N-dealkylation sites (N-methyl/N-ethyl adjacent to an activating group) is 1. The van der Waals surface area contributed by atoms with Gasteiger partial charge in [0.05, 0.1) is 17.7 Å². The lowest BCUT2D eigenvalue weighted by atomic mass is 10.1. The molecule has 5 heteroatoms. The molecule has 0 radical (unpaired) electrons. The van der Waals surface area contributed by atoms with Gasteiger partial charge in [0.2, 0.25) is 0 Å². The highest BCUT2D eigenvalue weighted by Crippen LogP contribution is 2.28. The van der Waals surface area contributed by atoms with E-state index in [9.17, 15) is 0 Å². The summed E-state index contributed by atoms with van der Waals surface area (Å²) in [5, 5.41) is 2.72. The van der Waals surface area contributed by atoms with E-state index in [1.807, 2.05) is 11.4 Å². The standard InChI is InChI=1S/C11H19ClN2OS/c1-8(6-15-3)14(2)10(5-13)11-4-9(12)7-16-11/h4,7-8,10H,5-6,13H2,1-3H3. The van der Waals surface area contributed by atoms with Gasteiger partial charge >= 0.3 is 0 Å². The lowest BCUT2D eigenvalue weighted by molar-refractivity contribution is 0.0920. The van der Waals surface area contributed by atoms with Gasteiger partial charge < -0.3 is 10.5 Å². The van der Waals surface area contributed by atoms with E-state index in [1.165, 1.54) is 4.88 Å². The molecular formula is C11H19ClN2OS. The zero-order chi connectivity index (χ0) is 12.1. The summed E-state index contributed by atoms with van der Waals surface area (Å²) in [6, 6.07) is 2.53. The van der Waals surface area contributed by atoms with Crippen molar-refractivity contribution < 1.29 is 4.74 Å².